The fourth-order valence-electron chi connectivity index (χ4n) is 6.82. The van der Waals surface area contributed by atoms with Crippen LogP contribution < -0.4 is 0 Å². The number of fused-ring (bicyclic) bond motifs is 9. The minimum atomic E-state index is 1.23. The topological polar surface area (TPSA) is 0 Å². The van der Waals surface area contributed by atoms with Crippen LogP contribution in [0.15, 0.2) is 158 Å². The molecule has 1 heteroatoms. The maximum Gasteiger partial charge on any atom is 0.0434 e. The van der Waals surface area contributed by atoms with Gasteiger partial charge in [0.15, 0.2) is 0 Å². The summed E-state index contributed by atoms with van der Waals surface area (Å²) in [6.45, 7) is 0. The van der Waals surface area contributed by atoms with E-state index in [4.69, 9.17) is 0 Å². The van der Waals surface area contributed by atoms with E-state index in [-0.39, 0.29) is 0 Å². The minimum Gasteiger partial charge on any atom is -0.134 e. The fourth-order valence-corrected chi connectivity index (χ4v) is 8.19. The van der Waals surface area contributed by atoms with Crippen LogP contribution in [-0.2, 0) is 0 Å². The van der Waals surface area contributed by atoms with Gasteiger partial charge in [0.05, 0.1) is 0 Å². The lowest BCUT2D eigenvalue weighted by atomic mass is 9.91. The van der Waals surface area contributed by atoms with Crippen molar-refractivity contribution in [2.24, 2.45) is 0 Å². The molecule has 43 heavy (non-hydrogen) atoms. The second kappa shape index (κ2) is 9.66. The Morgan fingerprint density at radius 1 is 0.256 bits per heavy atom. The molecule has 0 radical (unpaired) electrons. The summed E-state index contributed by atoms with van der Waals surface area (Å²) in [5.41, 5.74) is 7.59. The standard InChI is InChI=1S/C42H26S/c1-2-10-28(11-3-1)31-16-8-18-38-39-19-9-17-32(42(39)43-41(31)38)29-22-20-27(21-23-29)30-24-25-37-35-14-5-4-12-33(35)34-13-6-7-15-36(34)40(37)26-30/h1-26H. The summed E-state index contributed by atoms with van der Waals surface area (Å²) in [5.74, 6) is 0. The van der Waals surface area contributed by atoms with Gasteiger partial charge >= 0.3 is 0 Å². The lowest BCUT2D eigenvalue weighted by molar-refractivity contribution is 1.63. The Balaban J connectivity index is 1.17. The molecule has 0 unspecified atom stereocenters. The third-order valence-corrected chi connectivity index (χ3v) is 10.2. The van der Waals surface area contributed by atoms with Gasteiger partial charge in [-0.25, -0.2) is 0 Å². The highest BCUT2D eigenvalue weighted by Gasteiger charge is 2.14. The average Bonchev–Trinajstić information content (AvgIpc) is 3.48. The van der Waals surface area contributed by atoms with E-state index in [1.165, 1.54) is 85.9 Å². The van der Waals surface area contributed by atoms with Crippen LogP contribution in [-0.4, -0.2) is 0 Å². The van der Waals surface area contributed by atoms with Crippen molar-refractivity contribution in [2.75, 3.05) is 0 Å². The van der Waals surface area contributed by atoms with Gasteiger partial charge in [0, 0.05) is 20.2 Å². The highest BCUT2D eigenvalue weighted by atomic mass is 32.1. The minimum absolute atomic E-state index is 1.23. The van der Waals surface area contributed by atoms with Crippen LogP contribution in [0.25, 0.3) is 85.9 Å². The van der Waals surface area contributed by atoms with Crippen LogP contribution >= 0.6 is 11.3 Å². The Hall–Kier alpha value is -5.24. The Morgan fingerprint density at radius 2 is 0.674 bits per heavy atom. The highest BCUT2D eigenvalue weighted by molar-refractivity contribution is 7.26. The zero-order chi connectivity index (χ0) is 28.3. The molecule has 0 saturated heterocycles. The lowest BCUT2D eigenvalue weighted by Crippen LogP contribution is -1.85. The molecule has 0 amide bonds. The number of hydrogen-bond acceptors (Lipinski definition) is 1. The molecule has 0 atom stereocenters. The molecule has 1 heterocycles. The van der Waals surface area contributed by atoms with Crippen LogP contribution in [0, 0.1) is 0 Å². The van der Waals surface area contributed by atoms with Gasteiger partial charge in [-0.05, 0) is 71.8 Å². The summed E-state index contributed by atoms with van der Waals surface area (Å²) in [6.07, 6.45) is 0. The maximum absolute atomic E-state index is 2.37. The van der Waals surface area contributed by atoms with E-state index in [2.05, 4.69) is 158 Å². The molecule has 0 aliphatic rings. The molecule has 0 N–H and O–H groups in total. The van der Waals surface area contributed by atoms with E-state index in [9.17, 15) is 0 Å². The summed E-state index contributed by atoms with van der Waals surface area (Å²) in [4.78, 5) is 0. The molecule has 0 nitrogen and oxygen atoms in total. The Labute approximate surface area is 254 Å². The van der Waals surface area contributed by atoms with E-state index in [0.717, 1.165) is 0 Å². The second-order valence-electron chi connectivity index (χ2n) is 11.3. The van der Waals surface area contributed by atoms with E-state index in [0.29, 0.717) is 0 Å². The van der Waals surface area contributed by atoms with Crippen LogP contribution in [0.1, 0.15) is 0 Å². The van der Waals surface area contributed by atoms with Crippen LogP contribution in [0.2, 0.25) is 0 Å². The Bertz CT molecular complexity index is 2450. The highest BCUT2D eigenvalue weighted by Crippen LogP contribution is 2.44. The van der Waals surface area contributed by atoms with Crippen molar-refractivity contribution in [1.29, 1.82) is 0 Å². The maximum atomic E-state index is 2.37. The molecule has 0 aliphatic heterocycles. The van der Waals surface area contributed by atoms with Gasteiger partial charge in [-0.2, -0.15) is 0 Å². The van der Waals surface area contributed by atoms with Crippen molar-refractivity contribution in [3.05, 3.63) is 158 Å². The van der Waals surface area contributed by atoms with Crippen molar-refractivity contribution in [3.63, 3.8) is 0 Å². The van der Waals surface area contributed by atoms with Crippen LogP contribution in [0.3, 0.4) is 0 Å². The second-order valence-corrected chi connectivity index (χ2v) is 12.3. The van der Waals surface area contributed by atoms with Gasteiger partial charge in [0.2, 0.25) is 0 Å². The third-order valence-electron chi connectivity index (χ3n) is 8.88. The summed E-state index contributed by atoms with van der Waals surface area (Å²) in [7, 11) is 0. The van der Waals surface area contributed by atoms with E-state index in [1.54, 1.807) is 0 Å². The first-order chi connectivity index (χ1) is 21.3. The lowest BCUT2D eigenvalue weighted by Gasteiger charge is -2.12. The van der Waals surface area contributed by atoms with Gasteiger partial charge in [0.1, 0.15) is 0 Å². The predicted molar refractivity (Wildman–Crippen MR) is 188 cm³/mol. The first-order valence-electron chi connectivity index (χ1n) is 14.8. The normalized spacial score (nSPS) is 11.7. The van der Waals surface area contributed by atoms with Crippen molar-refractivity contribution >= 4 is 63.8 Å². The molecular weight excluding hydrogens is 537 g/mol. The summed E-state index contributed by atoms with van der Waals surface area (Å²) >= 11 is 1.91. The molecular formula is C42H26S. The molecule has 0 bridgehead atoms. The van der Waals surface area contributed by atoms with Crippen molar-refractivity contribution < 1.29 is 0 Å². The number of benzene rings is 8. The molecule has 9 rings (SSSR count). The predicted octanol–water partition coefficient (Wildman–Crippen LogP) is 12.5. The molecule has 1 aromatic heterocycles. The average molecular weight is 563 g/mol. The quantitative estimate of drug-likeness (QED) is 0.188. The summed E-state index contributed by atoms with van der Waals surface area (Å²) < 4.78 is 2.70. The van der Waals surface area contributed by atoms with E-state index in [1.807, 2.05) is 11.3 Å². The van der Waals surface area contributed by atoms with Crippen LogP contribution in [0.5, 0.6) is 0 Å². The molecule has 0 spiro atoms. The Kier molecular flexibility index (Phi) is 5.47. The van der Waals surface area contributed by atoms with Crippen LogP contribution in [0.4, 0.5) is 0 Å². The van der Waals surface area contributed by atoms with Crippen molar-refractivity contribution in [3.8, 4) is 33.4 Å². The van der Waals surface area contributed by atoms with Gasteiger partial charge in [-0.3, -0.25) is 0 Å². The number of thiophene rings is 1. The van der Waals surface area contributed by atoms with Gasteiger partial charge in [-0.15, -0.1) is 11.3 Å². The first kappa shape index (κ1) is 24.4. The summed E-state index contributed by atoms with van der Waals surface area (Å²) in [5, 5.41) is 10.5. The Morgan fingerprint density at radius 3 is 1.26 bits per heavy atom. The first-order valence-corrected chi connectivity index (χ1v) is 15.6. The smallest absolute Gasteiger partial charge is 0.0434 e. The SMILES string of the molecule is c1ccc(-c2cccc3c2sc2c(-c4ccc(-c5ccc6c7ccccc7c7ccccc7c6c5)cc4)cccc23)cc1. The van der Waals surface area contributed by atoms with E-state index >= 15 is 0 Å². The molecule has 0 saturated carbocycles. The zero-order valence-corrected chi connectivity index (χ0v) is 24.2. The number of rotatable bonds is 3. The molecule has 200 valence electrons. The molecule has 8 aromatic carbocycles. The van der Waals surface area contributed by atoms with Gasteiger partial charge < -0.3 is 0 Å². The number of hydrogen-bond donors (Lipinski definition) is 0. The van der Waals surface area contributed by atoms with Gasteiger partial charge in [-0.1, -0.05) is 152 Å². The largest absolute Gasteiger partial charge is 0.134 e. The summed E-state index contributed by atoms with van der Waals surface area (Å²) in [6, 6.07) is 57.8. The fraction of sp³-hybridized carbons (Fsp3) is 0. The molecule has 0 fully saturated rings. The van der Waals surface area contributed by atoms with Crippen molar-refractivity contribution in [1.82, 2.24) is 0 Å². The van der Waals surface area contributed by atoms with Gasteiger partial charge in [0.25, 0.3) is 0 Å². The monoisotopic (exact) mass is 562 g/mol. The van der Waals surface area contributed by atoms with Crippen molar-refractivity contribution in [2.45, 2.75) is 0 Å². The molecule has 9 aromatic rings. The zero-order valence-electron chi connectivity index (χ0n) is 23.4. The molecule has 0 aliphatic carbocycles. The van der Waals surface area contributed by atoms with E-state index < -0.39 is 0 Å². The third kappa shape index (κ3) is 3.82.